The smallest absolute Gasteiger partial charge is 0.252 e. The molecular weight excluding hydrogens is 340 g/mol. The Morgan fingerprint density at radius 2 is 2.15 bits per heavy atom. The zero-order valence-electron chi connectivity index (χ0n) is 11.2. The molecule has 2 rings (SSSR count). The average molecular weight is 356 g/mol. The molecule has 0 bridgehead atoms. The number of carbonyl (C=O) groups excluding carboxylic acids is 1. The minimum Gasteiger partial charge on any atom is -0.334 e. The van der Waals surface area contributed by atoms with Crippen molar-refractivity contribution in [2.75, 3.05) is 0 Å². The summed E-state index contributed by atoms with van der Waals surface area (Å²) in [6.07, 6.45) is 3.35. The summed E-state index contributed by atoms with van der Waals surface area (Å²) in [6, 6.07) is 7.33. The topological polar surface area (TPSA) is 52.9 Å². The van der Waals surface area contributed by atoms with Gasteiger partial charge in [0.1, 0.15) is 5.54 Å². The number of nitrogens with zero attached hydrogens (tertiary/aromatic N) is 1. The van der Waals surface area contributed by atoms with Crippen molar-refractivity contribution in [2.45, 2.75) is 38.1 Å². The second kappa shape index (κ2) is 6.15. The van der Waals surface area contributed by atoms with E-state index in [4.69, 9.17) is 11.6 Å². The molecule has 106 valence electrons. The maximum Gasteiger partial charge on any atom is 0.252 e. The van der Waals surface area contributed by atoms with E-state index in [1.54, 1.807) is 18.2 Å². The fraction of sp³-hybridized carbons (Fsp3) is 0.467. The molecule has 20 heavy (non-hydrogen) atoms. The number of hydrogen-bond acceptors (Lipinski definition) is 2. The number of carbonyl (C=O) groups is 1. The molecule has 1 aromatic carbocycles. The number of nitriles is 1. The van der Waals surface area contributed by atoms with Crippen LogP contribution in [0.5, 0.6) is 0 Å². The van der Waals surface area contributed by atoms with E-state index in [1.807, 2.05) is 0 Å². The lowest BCUT2D eigenvalue weighted by atomic mass is 9.78. The molecule has 0 spiro atoms. The van der Waals surface area contributed by atoms with E-state index >= 15 is 0 Å². The van der Waals surface area contributed by atoms with Gasteiger partial charge in [-0.25, -0.2) is 0 Å². The zero-order chi connectivity index (χ0) is 14.8. The van der Waals surface area contributed by atoms with Crippen molar-refractivity contribution in [2.24, 2.45) is 5.92 Å². The highest BCUT2D eigenvalue weighted by molar-refractivity contribution is 9.10. The van der Waals surface area contributed by atoms with Crippen LogP contribution in [-0.4, -0.2) is 11.4 Å². The highest BCUT2D eigenvalue weighted by atomic mass is 79.9. The molecule has 1 amide bonds. The van der Waals surface area contributed by atoms with Crippen molar-refractivity contribution in [3.63, 3.8) is 0 Å². The van der Waals surface area contributed by atoms with Crippen molar-refractivity contribution < 1.29 is 4.79 Å². The fourth-order valence-electron chi connectivity index (χ4n) is 2.45. The van der Waals surface area contributed by atoms with E-state index in [2.05, 4.69) is 34.2 Å². The van der Waals surface area contributed by atoms with E-state index in [-0.39, 0.29) is 5.91 Å². The summed E-state index contributed by atoms with van der Waals surface area (Å²) in [5.41, 5.74) is -0.255. The molecule has 0 heterocycles. The van der Waals surface area contributed by atoms with Crippen molar-refractivity contribution in [1.82, 2.24) is 5.32 Å². The number of amides is 1. The standard InChI is InChI=1S/C15H16BrClN2O/c1-10-4-6-15(9-18,7-5-10)19-14(20)11-2-3-12(16)13(17)8-11/h2-3,8,10H,4-7H2,1H3,(H,19,20). The molecular formula is C15H16BrClN2O. The lowest BCUT2D eigenvalue weighted by Crippen LogP contribution is -2.49. The summed E-state index contributed by atoms with van der Waals surface area (Å²) >= 11 is 9.29. The van der Waals surface area contributed by atoms with E-state index in [0.717, 1.165) is 17.3 Å². The third-order valence-electron chi connectivity index (χ3n) is 3.88. The quantitative estimate of drug-likeness (QED) is 0.859. The molecule has 5 heteroatoms. The van der Waals surface area contributed by atoms with E-state index in [0.29, 0.717) is 29.3 Å². The van der Waals surface area contributed by atoms with Gasteiger partial charge in [0.15, 0.2) is 0 Å². The first-order valence-electron chi connectivity index (χ1n) is 6.64. The lowest BCUT2D eigenvalue weighted by molar-refractivity contribution is 0.0894. The van der Waals surface area contributed by atoms with Gasteiger partial charge >= 0.3 is 0 Å². The Hall–Kier alpha value is -1.05. The minimum atomic E-state index is -0.733. The lowest BCUT2D eigenvalue weighted by Gasteiger charge is -2.34. The summed E-state index contributed by atoms with van der Waals surface area (Å²) in [6.45, 7) is 2.18. The molecule has 0 atom stereocenters. The number of benzene rings is 1. The second-order valence-electron chi connectivity index (χ2n) is 5.46. The van der Waals surface area contributed by atoms with Crippen LogP contribution in [0.4, 0.5) is 0 Å². The van der Waals surface area contributed by atoms with Gasteiger partial charge in [-0.05, 0) is 65.7 Å². The van der Waals surface area contributed by atoms with Gasteiger partial charge in [-0.3, -0.25) is 4.79 Å². The Morgan fingerprint density at radius 3 is 2.70 bits per heavy atom. The summed E-state index contributed by atoms with van der Waals surface area (Å²) in [7, 11) is 0. The van der Waals surface area contributed by atoms with Crippen LogP contribution in [0, 0.1) is 17.2 Å². The van der Waals surface area contributed by atoms with Crippen LogP contribution in [0.15, 0.2) is 22.7 Å². The van der Waals surface area contributed by atoms with E-state index in [9.17, 15) is 10.1 Å². The highest BCUT2D eigenvalue weighted by Crippen LogP contribution is 2.32. The van der Waals surface area contributed by atoms with Crippen molar-refractivity contribution in [3.8, 4) is 6.07 Å². The van der Waals surface area contributed by atoms with Crippen LogP contribution in [0.3, 0.4) is 0 Å². The first-order valence-corrected chi connectivity index (χ1v) is 7.82. The number of halogens is 2. The molecule has 1 fully saturated rings. The summed E-state index contributed by atoms with van der Waals surface area (Å²) in [5, 5.41) is 12.8. The van der Waals surface area contributed by atoms with Gasteiger partial charge < -0.3 is 5.32 Å². The molecule has 0 unspecified atom stereocenters. The molecule has 1 aliphatic carbocycles. The fourth-order valence-corrected chi connectivity index (χ4v) is 2.87. The summed E-state index contributed by atoms with van der Waals surface area (Å²) < 4.78 is 0.747. The Morgan fingerprint density at radius 1 is 1.50 bits per heavy atom. The Labute approximate surface area is 132 Å². The van der Waals surface area contributed by atoms with Crippen molar-refractivity contribution in [1.29, 1.82) is 5.26 Å². The van der Waals surface area contributed by atoms with Gasteiger partial charge in [-0.2, -0.15) is 5.26 Å². The molecule has 1 aliphatic rings. The molecule has 0 saturated heterocycles. The zero-order valence-corrected chi connectivity index (χ0v) is 13.6. The molecule has 3 nitrogen and oxygen atoms in total. The molecule has 1 saturated carbocycles. The maximum atomic E-state index is 12.3. The first kappa shape index (κ1) is 15.3. The van der Waals surface area contributed by atoms with Crippen LogP contribution in [0.25, 0.3) is 0 Å². The van der Waals surface area contributed by atoms with Gasteiger partial charge in [0.2, 0.25) is 0 Å². The third kappa shape index (κ3) is 3.34. The van der Waals surface area contributed by atoms with Gasteiger partial charge in [-0.15, -0.1) is 0 Å². The van der Waals surface area contributed by atoms with Gasteiger partial charge in [0, 0.05) is 10.0 Å². The largest absolute Gasteiger partial charge is 0.334 e. The predicted molar refractivity (Wildman–Crippen MR) is 82.6 cm³/mol. The Bertz CT molecular complexity index is 559. The molecule has 1 aromatic rings. The number of nitrogens with one attached hydrogen (secondary N) is 1. The second-order valence-corrected chi connectivity index (χ2v) is 6.72. The summed E-state index contributed by atoms with van der Waals surface area (Å²) in [4.78, 5) is 12.3. The third-order valence-corrected chi connectivity index (χ3v) is 5.11. The van der Waals surface area contributed by atoms with Gasteiger partial charge in [0.25, 0.3) is 5.91 Å². The SMILES string of the molecule is CC1CCC(C#N)(NC(=O)c2ccc(Br)c(Cl)c2)CC1. The van der Waals surface area contributed by atoms with Gasteiger partial charge in [-0.1, -0.05) is 18.5 Å². The maximum absolute atomic E-state index is 12.3. The molecule has 0 radical (unpaired) electrons. The number of rotatable bonds is 2. The average Bonchev–Trinajstić information content (AvgIpc) is 2.44. The van der Waals surface area contributed by atoms with E-state index in [1.165, 1.54) is 0 Å². The molecule has 0 aliphatic heterocycles. The first-order chi connectivity index (χ1) is 9.46. The van der Waals surface area contributed by atoms with Crippen molar-refractivity contribution in [3.05, 3.63) is 33.3 Å². The molecule has 1 N–H and O–H groups in total. The predicted octanol–water partition coefficient (Wildman–Crippen LogP) is 4.30. The van der Waals surface area contributed by atoms with Gasteiger partial charge in [0.05, 0.1) is 11.1 Å². The van der Waals surface area contributed by atoms with Crippen molar-refractivity contribution >= 4 is 33.4 Å². The summed E-state index contributed by atoms with van der Waals surface area (Å²) in [5.74, 6) is 0.381. The van der Waals surface area contributed by atoms with E-state index < -0.39 is 5.54 Å². The van der Waals surface area contributed by atoms with Crippen LogP contribution in [0.2, 0.25) is 5.02 Å². The Kier molecular flexibility index (Phi) is 4.72. The monoisotopic (exact) mass is 354 g/mol. The van der Waals surface area contributed by atoms with Crippen LogP contribution in [-0.2, 0) is 0 Å². The van der Waals surface area contributed by atoms with Crippen LogP contribution >= 0.6 is 27.5 Å². The minimum absolute atomic E-state index is 0.240. The Balaban J connectivity index is 2.13. The number of hydrogen-bond donors (Lipinski definition) is 1. The molecule has 0 aromatic heterocycles. The van der Waals surface area contributed by atoms with Crippen LogP contribution in [0.1, 0.15) is 43.0 Å². The highest BCUT2D eigenvalue weighted by Gasteiger charge is 2.35. The van der Waals surface area contributed by atoms with Crippen LogP contribution < -0.4 is 5.32 Å². The normalized spacial score (nSPS) is 25.8.